The summed E-state index contributed by atoms with van der Waals surface area (Å²) in [6.45, 7) is 2.34. The molecule has 2 amide bonds. The zero-order valence-electron chi connectivity index (χ0n) is 13.4. The fraction of sp³-hybridized carbons (Fsp3) is 0.556. The number of morpholine rings is 1. The van der Waals surface area contributed by atoms with Crippen molar-refractivity contribution in [1.29, 1.82) is 0 Å². The number of nitrogens with one attached hydrogen (secondary N) is 1. The van der Waals surface area contributed by atoms with E-state index in [1.54, 1.807) is 4.90 Å². The molecular formula is C18H24N2O3. The number of rotatable bonds is 5. The Kier molecular flexibility index (Phi) is 5.28. The van der Waals surface area contributed by atoms with Crippen molar-refractivity contribution in [1.82, 2.24) is 10.2 Å². The minimum Gasteiger partial charge on any atom is -0.378 e. The van der Waals surface area contributed by atoms with Crippen LogP contribution in [0.1, 0.15) is 24.8 Å². The Bertz CT molecular complexity index is 536. The van der Waals surface area contributed by atoms with Gasteiger partial charge in [0.2, 0.25) is 11.8 Å². The Balaban J connectivity index is 1.68. The van der Waals surface area contributed by atoms with E-state index in [-0.39, 0.29) is 17.7 Å². The summed E-state index contributed by atoms with van der Waals surface area (Å²) in [6.07, 6.45) is 3.53. The Labute approximate surface area is 137 Å². The number of nitrogens with zero attached hydrogens (tertiary/aromatic N) is 1. The van der Waals surface area contributed by atoms with E-state index >= 15 is 0 Å². The lowest BCUT2D eigenvalue weighted by Gasteiger charge is -2.32. The fourth-order valence-electron chi connectivity index (χ4n) is 3.01. The van der Waals surface area contributed by atoms with Crippen molar-refractivity contribution in [3.8, 4) is 0 Å². The number of amides is 2. The molecule has 0 spiro atoms. The van der Waals surface area contributed by atoms with Gasteiger partial charge in [-0.3, -0.25) is 9.59 Å². The van der Waals surface area contributed by atoms with Gasteiger partial charge in [-0.2, -0.15) is 0 Å². The van der Waals surface area contributed by atoms with Gasteiger partial charge in [0.25, 0.3) is 0 Å². The monoisotopic (exact) mass is 316 g/mol. The zero-order chi connectivity index (χ0) is 16.1. The number of ether oxygens (including phenoxy) is 1. The van der Waals surface area contributed by atoms with Crippen LogP contribution in [0.5, 0.6) is 0 Å². The van der Waals surface area contributed by atoms with E-state index in [1.807, 2.05) is 30.3 Å². The first-order chi connectivity index (χ1) is 11.2. The van der Waals surface area contributed by atoms with Gasteiger partial charge in [-0.05, 0) is 18.4 Å². The maximum atomic E-state index is 12.8. The molecule has 1 aromatic rings. The maximum absolute atomic E-state index is 12.8. The zero-order valence-corrected chi connectivity index (χ0v) is 13.4. The molecule has 1 N–H and O–H groups in total. The van der Waals surface area contributed by atoms with Gasteiger partial charge in [0.15, 0.2) is 0 Å². The topological polar surface area (TPSA) is 58.6 Å². The van der Waals surface area contributed by atoms with Gasteiger partial charge in [-0.1, -0.05) is 36.8 Å². The fourth-order valence-corrected chi connectivity index (χ4v) is 3.01. The van der Waals surface area contributed by atoms with Gasteiger partial charge < -0.3 is 15.0 Å². The van der Waals surface area contributed by atoms with E-state index in [4.69, 9.17) is 4.74 Å². The van der Waals surface area contributed by atoms with Crippen LogP contribution in [-0.2, 0) is 20.7 Å². The highest BCUT2D eigenvalue weighted by Crippen LogP contribution is 2.26. The van der Waals surface area contributed by atoms with Crippen LogP contribution in [0, 0.1) is 5.92 Å². The largest absolute Gasteiger partial charge is 0.378 e. The first-order valence-corrected chi connectivity index (χ1v) is 8.45. The number of hydrogen-bond acceptors (Lipinski definition) is 3. The Morgan fingerprint density at radius 3 is 2.48 bits per heavy atom. The molecule has 5 heteroatoms. The summed E-state index contributed by atoms with van der Waals surface area (Å²) in [5, 5.41) is 2.99. The van der Waals surface area contributed by atoms with Crippen LogP contribution in [0.3, 0.4) is 0 Å². The summed E-state index contributed by atoms with van der Waals surface area (Å²) < 4.78 is 5.31. The van der Waals surface area contributed by atoms with Gasteiger partial charge in [-0.25, -0.2) is 0 Å². The van der Waals surface area contributed by atoms with Crippen LogP contribution in [0.15, 0.2) is 30.3 Å². The molecule has 1 aromatic carbocycles. The molecule has 23 heavy (non-hydrogen) atoms. The van der Waals surface area contributed by atoms with E-state index < -0.39 is 6.04 Å². The third kappa shape index (κ3) is 4.10. The van der Waals surface area contributed by atoms with Crippen molar-refractivity contribution >= 4 is 11.8 Å². The minimum absolute atomic E-state index is 0.00447. The van der Waals surface area contributed by atoms with Crippen LogP contribution >= 0.6 is 0 Å². The highest BCUT2D eigenvalue weighted by molar-refractivity contribution is 5.89. The van der Waals surface area contributed by atoms with Crippen molar-refractivity contribution in [2.24, 2.45) is 5.92 Å². The molecule has 0 bridgehead atoms. The van der Waals surface area contributed by atoms with Crippen molar-refractivity contribution in [2.75, 3.05) is 26.3 Å². The number of carbonyl (C=O) groups is 2. The van der Waals surface area contributed by atoms with Gasteiger partial charge >= 0.3 is 0 Å². The third-order valence-corrected chi connectivity index (χ3v) is 4.70. The van der Waals surface area contributed by atoms with Crippen molar-refractivity contribution < 1.29 is 14.3 Å². The summed E-state index contributed by atoms with van der Waals surface area (Å²) >= 11 is 0. The molecule has 5 nitrogen and oxygen atoms in total. The third-order valence-electron chi connectivity index (χ3n) is 4.70. The molecule has 1 heterocycles. The second-order valence-corrected chi connectivity index (χ2v) is 6.32. The first-order valence-electron chi connectivity index (χ1n) is 8.45. The smallest absolute Gasteiger partial charge is 0.245 e. The van der Waals surface area contributed by atoms with E-state index in [2.05, 4.69) is 5.32 Å². The molecule has 124 valence electrons. The quantitative estimate of drug-likeness (QED) is 0.893. The van der Waals surface area contributed by atoms with Crippen LogP contribution in [0.2, 0.25) is 0 Å². The van der Waals surface area contributed by atoms with Crippen molar-refractivity contribution in [3.63, 3.8) is 0 Å². The molecule has 1 aliphatic carbocycles. The van der Waals surface area contributed by atoms with Crippen molar-refractivity contribution in [3.05, 3.63) is 35.9 Å². The molecule has 0 aromatic heterocycles. The van der Waals surface area contributed by atoms with Crippen LogP contribution in [0.25, 0.3) is 0 Å². The van der Waals surface area contributed by atoms with Crippen LogP contribution in [0.4, 0.5) is 0 Å². The van der Waals surface area contributed by atoms with Crippen LogP contribution in [-0.4, -0.2) is 49.1 Å². The molecule has 2 aliphatic rings. The predicted octanol–water partition coefficient (Wildman–Crippen LogP) is 1.37. The van der Waals surface area contributed by atoms with Gasteiger partial charge in [0.1, 0.15) is 6.04 Å². The second-order valence-electron chi connectivity index (χ2n) is 6.32. The molecular weight excluding hydrogens is 292 g/mol. The van der Waals surface area contributed by atoms with E-state index in [0.29, 0.717) is 32.7 Å². The lowest BCUT2D eigenvalue weighted by Crippen LogP contribution is -2.54. The van der Waals surface area contributed by atoms with Gasteiger partial charge in [-0.15, -0.1) is 0 Å². The average Bonchev–Trinajstić information content (AvgIpc) is 2.54. The summed E-state index contributed by atoms with van der Waals surface area (Å²) in [4.78, 5) is 26.9. The highest BCUT2D eigenvalue weighted by Gasteiger charge is 2.31. The second kappa shape index (κ2) is 7.59. The molecule has 1 unspecified atom stereocenters. The summed E-state index contributed by atoms with van der Waals surface area (Å²) in [5.41, 5.74) is 1.06. The molecule has 1 saturated heterocycles. The van der Waals surface area contributed by atoms with Crippen molar-refractivity contribution in [2.45, 2.75) is 31.7 Å². The summed E-state index contributed by atoms with van der Waals surface area (Å²) in [5.74, 6) is 0.120. The number of hydrogen-bond donors (Lipinski definition) is 1. The lowest BCUT2D eigenvalue weighted by atomic mass is 9.84. The van der Waals surface area contributed by atoms with E-state index in [0.717, 1.165) is 24.8 Å². The predicted molar refractivity (Wildman–Crippen MR) is 86.8 cm³/mol. The minimum atomic E-state index is -0.483. The highest BCUT2D eigenvalue weighted by atomic mass is 16.5. The standard InChI is InChI=1S/C18H24N2O3/c21-17(15-7-4-8-15)19-16(13-14-5-2-1-3-6-14)18(22)20-9-11-23-12-10-20/h1-3,5-6,15-16H,4,7-13H2,(H,19,21). The molecule has 1 aliphatic heterocycles. The average molecular weight is 316 g/mol. The van der Waals surface area contributed by atoms with E-state index in [9.17, 15) is 9.59 Å². The van der Waals surface area contributed by atoms with Gasteiger partial charge in [0.05, 0.1) is 13.2 Å². The maximum Gasteiger partial charge on any atom is 0.245 e. The Morgan fingerprint density at radius 1 is 1.17 bits per heavy atom. The van der Waals surface area contributed by atoms with Gasteiger partial charge in [0, 0.05) is 25.4 Å². The number of benzene rings is 1. The Hall–Kier alpha value is -1.88. The SMILES string of the molecule is O=C(NC(Cc1ccccc1)C(=O)N1CCOCC1)C1CCC1. The normalized spacial score (nSPS) is 19.7. The first kappa shape index (κ1) is 16.0. The summed E-state index contributed by atoms with van der Waals surface area (Å²) in [6, 6.07) is 9.38. The molecule has 3 rings (SSSR count). The van der Waals surface area contributed by atoms with Crippen LogP contribution < -0.4 is 5.32 Å². The summed E-state index contributed by atoms with van der Waals surface area (Å²) in [7, 11) is 0. The molecule has 1 atom stereocenters. The molecule has 1 saturated carbocycles. The molecule has 2 fully saturated rings. The Morgan fingerprint density at radius 2 is 1.87 bits per heavy atom. The van der Waals surface area contributed by atoms with E-state index in [1.165, 1.54) is 0 Å². The molecule has 0 radical (unpaired) electrons. The lowest BCUT2D eigenvalue weighted by molar-refractivity contribution is -0.141. The number of carbonyl (C=O) groups excluding carboxylic acids is 2.